The summed E-state index contributed by atoms with van der Waals surface area (Å²) in [5.74, 6) is 0.221. The lowest BCUT2D eigenvalue weighted by Gasteiger charge is -2.27. The first kappa shape index (κ1) is 16.9. The van der Waals surface area contributed by atoms with E-state index in [-0.39, 0.29) is 16.8 Å². The average Bonchev–Trinajstić information content (AvgIpc) is 2.44. The molecule has 1 aliphatic heterocycles. The Bertz CT molecular complexity index is 639. The third kappa shape index (κ3) is 3.66. The van der Waals surface area contributed by atoms with Crippen LogP contribution in [0, 0.1) is 5.92 Å². The van der Waals surface area contributed by atoms with Gasteiger partial charge >= 0.3 is 0 Å². The molecular weight excluding hydrogens is 302 g/mol. The predicted molar refractivity (Wildman–Crippen MR) is 85.2 cm³/mol. The summed E-state index contributed by atoms with van der Waals surface area (Å²) in [4.78, 5) is 12.3. The second-order valence-corrected chi connectivity index (χ2v) is 7.87. The molecule has 122 valence electrons. The number of carbonyl (C=O) groups is 1. The van der Waals surface area contributed by atoms with Gasteiger partial charge in [0.05, 0.1) is 4.90 Å². The van der Waals surface area contributed by atoms with Gasteiger partial charge in [0.1, 0.15) is 0 Å². The van der Waals surface area contributed by atoms with Crippen LogP contribution in [0.4, 0.5) is 0 Å². The summed E-state index contributed by atoms with van der Waals surface area (Å²) >= 11 is 0. The number of nitrogens with zero attached hydrogens (tertiary/aromatic N) is 1. The Kier molecular flexibility index (Phi) is 5.20. The molecule has 7 heteroatoms. The van der Waals surface area contributed by atoms with Crippen molar-refractivity contribution in [3.8, 4) is 0 Å². The highest BCUT2D eigenvalue weighted by Gasteiger charge is 2.24. The Morgan fingerprint density at radius 2 is 2.09 bits per heavy atom. The van der Waals surface area contributed by atoms with Gasteiger partial charge in [-0.3, -0.25) is 4.79 Å². The molecule has 0 radical (unpaired) electrons. The number of carbonyl (C=O) groups excluding carboxylic acids is 1. The van der Waals surface area contributed by atoms with Gasteiger partial charge < -0.3 is 10.6 Å². The highest BCUT2D eigenvalue weighted by Crippen LogP contribution is 2.18. The molecule has 6 nitrogen and oxygen atoms in total. The van der Waals surface area contributed by atoms with Crippen LogP contribution in [0.15, 0.2) is 29.2 Å². The number of amides is 1. The summed E-state index contributed by atoms with van der Waals surface area (Å²) in [6.07, 6.45) is 0. The fourth-order valence-corrected chi connectivity index (χ4v) is 3.49. The molecule has 1 heterocycles. The van der Waals surface area contributed by atoms with Gasteiger partial charge in [-0.15, -0.1) is 0 Å². The van der Waals surface area contributed by atoms with E-state index in [2.05, 4.69) is 10.6 Å². The van der Waals surface area contributed by atoms with Crippen LogP contribution in [0.25, 0.3) is 0 Å². The molecule has 0 spiro atoms. The first-order valence-corrected chi connectivity index (χ1v) is 8.83. The van der Waals surface area contributed by atoms with Crippen molar-refractivity contribution < 1.29 is 13.2 Å². The number of nitrogens with one attached hydrogen (secondary N) is 2. The summed E-state index contributed by atoms with van der Waals surface area (Å²) in [7, 11) is -2.04. The van der Waals surface area contributed by atoms with E-state index in [1.54, 1.807) is 26.0 Å². The normalized spacial score (nSPS) is 15.9. The lowest BCUT2D eigenvalue weighted by atomic mass is 10.0. The maximum absolute atomic E-state index is 12.5. The van der Waals surface area contributed by atoms with Gasteiger partial charge in [-0.05, 0) is 32.0 Å². The molecule has 22 heavy (non-hydrogen) atoms. The van der Waals surface area contributed by atoms with Gasteiger partial charge in [0.25, 0.3) is 5.91 Å². The zero-order valence-electron chi connectivity index (χ0n) is 13.2. The lowest BCUT2D eigenvalue weighted by molar-refractivity contribution is 0.0942. The number of benzene rings is 1. The fraction of sp³-hybridized carbons (Fsp3) is 0.533. The molecule has 0 aliphatic carbocycles. The number of hydrogen-bond acceptors (Lipinski definition) is 4. The minimum absolute atomic E-state index is 0.140. The van der Waals surface area contributed by atoms with Crippen molar-refractivity contribution in [2.24, 2.45) is 5.92 Å². The van der Waals surface area contributed by atoms with Crippen LogP contribution in [0.2, 0.25) is 0 Å². The molecule has 0 bridgehead atoms. The van der Waals surface area contributed by atoms with E-state index in [4.69, 9.17) is 0 Å². The van der Waals surface area contributed by atoms with Gasteiger partial charge in [-0.1, -0.05) is 6.07 Å². The second-order valence-electron chi connectivity index (χ2n) is 5.88. The molecule has 0 saturated carbocycles. The Hall–Kier alpha value is -1.44. The maximum Gasteiger partial charge on any atom is 0.251 e. The van der Waals surface area contributed by atoms with Crippen molar-refractivity contribution in [2.75, 3.05) is 26.7 Å². The average molecular weight is 325 g/mol. The zero-order valence-corrected chi connectivity index (χ0v) is 14.0. The highest BCUT2D eigenvalue weighted by atomic mass is 32.2. The third-order valence-corrected chi connectivity index (χ3v) is 5.95. The molecule has 0 unspecified atom stereocenters. The van der Waals surface area contributed by atoms with Crippen molar-refractivity contribution in [2.45, 2.75) is 24.8 Å². The van der Waals surface area contributed by atoms with E-state index in [0.717, 1.165) is 13.1 Å². The summed E-state index contributed by atoms with van der Waals surface area (Å²) in [6.45, 7) is 6.04. The van der Waals surface area contributed by atoms with E-state index < -0.39 is 10.0 Å². The van der Waals surface area contributed by atoms with Crippen molar-refractivity contribution in [1.29, 1.82) is 0 Å². The quantitative estimate of drug-likeness (QED) is 0.805. The lowest BCUT2D eigenvalue weighted by Crippen LogP contribution is -2.48. The molecule has 2 N–H and O–H groups in total. The first-order valence-electron chi connectivity index (χ1n) is 7.39. The SMILES string of the molecule is CC(C)N(C)S(=O)(=O)c1cccc(C(=O)NCC2CNC2)c1. The van der Waals surface area contributed by atoms with Crippen molar-refractivity contribution >= 4 is 15.9 Å². The molecule has 2 rings (SSSR count). The molecule has 1 aromatic carbocycles. The van der Waals surface area contributed by atoms with Gasteiger partial charge in [-0.2, -0.15) is 4.31 Å². The van der Waals surface area contributed by atoms with E-state index in [9.17, 15) is 13.2 Å². The molecule has 1 saturated heterocycles. The standard InChI is InChI=1S/C15H23N3O3S/c1-11(2)18(3)22(20,21)14-6-4-5-13(7-14)15(19)17-10-12-8-16-9-12/h4-7,11-12,16H,8-10H2,1-3H3,(H,17,19). The van der Waals surface area contributed by atoms with Crippen LogP contribution in [-0.4, -0.2) is 51.4 Å². The summed E-state index contributed by atoms with van der Waals surface area (Å²) in [6, 6.07) is 6.03. The van der Waals surface area contributed by atoms with Gasteiger partial charge in [0.2, 0.25) is 10.0 Å². The van der Waals surface area contributed by atoms with Crippen molar-refractivity contribution in [1.82, 2.24) is 14.9 Å². The Labute approximate surface area is 131 Å². The summed E-state index contributed by atoms with van der Waals surface area (Å²) < 4.78 is 26.2. The van der Waals surface area contributed by atoms with Gasteiger partial charge in [0, 0.05) is 44.2 Å². The summed E-state index contributed by atoms with van der Waals surface area (Å²) in [5.41, 5.74) is 0.366. The molecule has 0 aromatic heterocycles. The Morgan fingerprint density at radius 1 is 1.41 bits per heavy atom. The minimum atomic E-state index is -3.58. The molecule has 1 fully saturated rings. The molecule has 1 aliphatic rings. The smallest absolute Gasteiger partial charge is 0.251 e. The van der Waals surface area contributed by atoms with E-state index in [1.807, 2.05) is 0 Å². The van der Waals surface area contributed by atoms with Crippen molar-refractivity contribution in [3.05, 3.63) is 29.8 Å². The van der Waals surface area contributed by atoms with Crippen LogP contribution in [-0.2, 0) is 10.0 Å². The minimum Gasteiger partial charge on any atom is -0.352 e. The molecular formula is C15H23N3O3S. The molecule has 1 aromatic rings. The monoisotopic (exact) mass is 325 g/mol. The van der Waals surface area contributed by atoms with Crippen LogP contribution >= 0.6 is 0 Å². The maximum atomic E-state index is 12.5. The van der Waals surface area contributed by atoms with Gasteiger partial charge in [0.15, 0.2) is 0 Å². The predicted octanol–water partition coefficient (Wildman–Crippen LogP) is 0.665. The number of rotatable bonds is 6. The highest BCUT2D eigenvalue weighted by molar-refractivity contribution is 7.89. The van der Waals surface area contributed by atoms with Crippen molar-refractivity contribution in [3.63, 3.8) is 0 Å². The topological polar surface area (TPSA) is 78.5 Å². The van der Waals surface area contributed by atoms with Crippen LogP contribution in [0.5, 0.6) is 0 Å². The third-order valence-electron chi connectivity index (χ3n) is 3.92. The Morgan fingerprint density at radius 3 is 2.64 bits per heavy atom. The Balaban J connectivity index is 2.13. The largest absolute Gasteiger partial charge is 0.352 e. The summed E-state index contributed by atoms with van der Waals surface area (Å²) in [5, 5.41) is 5.98. The van der Waals surface area contributed by atoms with E-state index in [1.165, 1.54) is 23.5 Å². The van der Waals surface area contributed by atoms with Crippen LogP contribution in [0.1, 0.15) is 24.2 Å². The first-order chi connectivity index (χ1) is 10.3. The molecule has 0 atom stereocenters. The fourth-order valence-electron chi connectivity index (χ4n) is 2.07. The van der Waals surface area contributed by atoms with Gasteiger partial charge in [-0.25, -0.2) is 8.42 Å². The molecule has 1 amide bonds. The van der Waals surface area contributed by atoms with Crippen LogP contribution in [0.3, 0.4) is 0 Å². The number of hydrogen-bond donors (Lipinski definition) is 2. The van der Waals surface area contributed by atoms with Crippen LogP contribution < -0.4 is 10.6 Å². The zero-order chi connectivity index (χ0) is 16.3. The second kappa shape index (κ2) is 6.76. The van der Waals surface area contributed by atoms with E-state index in [0.29, 0.717) is 18.0 Å². The number of sulfonamides is 1. The van der Waals surface area contributed by atoms with E-state index >= 15 is 0 Å².